The van der Waals surface area contributed by atoms with Gasteiger partial charge in [0.25, 0.3) is 8.32 Å². The molecule has 8 heteroatoms. The van der Waals surface area contributed by atoms with Gasteiger partial charge in [0.05, 0.1) is 23.5 Å². The molecule has 0 fully saturated rings. The van der Waals surface area contributed by atoms with Crippen molar-refractivity contribution in [2.24, 2.45) is 7.05 Å². The topological polar surface area (TPSA) is 73.2 Å². The number of hydrogen-bond donors (Lipinski definition) is 1. The Hall–Kier alpha value is -3.04. The third-order valence-electron chi connectivity index (χ3n) is 8.80. The molecule has 46 heavy (non-hydrogen) atoms. The van der Waals surface area contributed by atoms with E-state index in [0.29, 0.717) is 11.3 Å². The van der Waals surface area contributed by atoms with Gasteiger partial charge in [-0.1, -0.05) is 135 Å². The number of aromatic nitrogens is 2. The van der Waals surface area contributed by atoms with Crippen molar-refractivity contribution in [2.45, 2.75) is 102 Å². The molecule has 6 nitrogen and oxygen atoms in total. The lowest BCUT2D eigenvalue weighted by molar-refractivity contribution is 0.261. The van der Waals surface area contributed by atoms with E-state index in [4.69, 9.17) is 4.43 Å². The van der Waals surface area contributed by atoms with E-state index in [9.17, 15) is 8.42 Å². The molecule has 0 aliphatic carbocycles. The molecule has 0 radical (unpaired) electrons. The lowest BCUT2D eigenvalue weighted by atomic mass is 9.89. The Bertz CT molecular complexity index is 1620. The fourth-order valence-electron chi connectivity index (χ4n) is 6.42. The molecule has 0 saturated carbocycles. The van der Waals surface area contributed by atoms with Crippen LogP contribution in [0.1, 0.15) is 102 Å². The van der Waals surface area contributed by atoms with Crippen LogP contribution in [0.15, 0.2) is 90.2 Å². The van der Waals surface area contributed by atoms with Crippen molar-refractivity contribution in [3.63, 3.8) is 0 Å². The van der Waals surface area contributed by atoms with Crippen LogP contribution < -0.4 is 15.1 Å². The Morgan fingerprint density at radius 3 is 1.72 bits per heavy atom. The summed E-state index contributed by atoms with van der Waals surface area (Å²) in [6.07, 6.45) is 4.10. The van der Waals surface area contributed by atoms with E-state index < -0.39 is 24.4 Å². The van der Waals surface area contributed by atoms with Crippen LogP contribution in [0.2, 0.25) is 5.04 Å². The van der Waals surface area contributed by atoms with Gasteiger partial charge in [0, 0.05) is 25.7 Å². The van der Waals surface area contributed by atoms with Crippen molar-refractivity contribution in [3.8, 4) is 0 Å². The van der Waals surface area contributed by atoms with Crippen LogP contribution in [0.3, 0.4) is 0 Å². The summed E-state index contributed by atoms with van der Waals surface area (Å²) in [6, 6.07) is 24.5. The normalized spacial score (nSPS) is 13.6. The number of hydrogen-bond acceptors (Lipinski definition) is 4. The average molecular weight is 660 g/mol. The number of aryl methyl sites for hydroxylation is 1. The van der Waals surface area contributed by atoms with Crippen LogP contribution in [0.4, 0.5) is 0 Å². The number of imidazole rings is 1. The predicted octanol–water partition coefficient (Wildman–Crippen LogP) is 7.26. The molecular weight excluding hydrogens is 607 g/mol. The number of nitrogens with zero attached hydrogens (tertiary/aromatic N) is 2. The van der Waals surface area contributed by atoms with Crippen LogP contribution in [0.5, 0.6) is 0 Å². The summed E-state index contributed by atoms with van der Waals surface area (Å²) in [4.78, 5) is 4.98. The van der Waals surface area contributed by atoms with Crippen LogP contribution in [0, 0.1) is 0 Å². The lowest BCUT2D eigenvalue weighted by Crippen LogP contribution is -2.67. The van der Waals surface area contributed by atoms with Gasteiger partial charge in [-0.3, -0.25) is 0 Å². The van der Waals surface area contributed by atoms with Gasteiger partial charge in [0.2, 0.25) is 10.0 Å². The van der Waals surface area contributed by atoms with Crippen molar-refractivity contribution in [1.82, 2.24) is 14.3 Å². The highest BCUT2D eigenvalue weighted by Gasteiger charge is 2.50. The molecule has 1 atom stereocenters. The minimum Gasteiger partial charge on any atom is -0.406 e. The van der Waals surface area contributed by atoms with E-state index in [0.717, 1.165) is 32.8 Å². The molecule has 0 bridgehead atoms. The molecule has 1 aromatic heterocycles. The second-order valence-electron chi connectivity index (χ2n) is 14.5. The van der Waals surface area contributed by atoms with Crippen molar-refractivity contribution >= 4 is 28.7 Å². The van der Waals surface area contributed by atoms with E-state index in [1.54, 1.807) is 6.33 Å². The second-order valence-corrected chi connectivity index (χ2v) is 20.5. The van der Waals surface area contributed by atoms with E-state index >= 15 is 0 Å². The summed E-state index contributed by atoms with van der Waals surface area (Å²) in [5.74, 6) is 0.354. The largest absolute Gasteiger partial charge is 0.406 e. The van der Waals surface area contributed by atoms with Gasteiger partial charge in [0.1, 0.15) is 0 Å². The first-order valence-electron chi connectivity index (χ1n) is 16.5. The molecule has 0 aliphatic rings. The zero-order valence-corrected chi connectivity index (χ0v) is 31.2. The minimum absolute atomic E-state index is 0.0328. The highest BCUT2D eigenvalue weighted by molar-refractivity contribution is 7.89. The molecular formula is C38H53N3O3SSi. The van der Waals surface area contributed by atoms with Gasteiger partial charge in [0.15, 0.2) is 0 Å². The van der Waals surface area contributed by atoms with Crippen LogP contribution >= 0.6 is 0 Å². The molecule has 4 aromatic rings. The van der Waals surface area contributed by atoms with Crippen molar-refractivity contribution < 1.29 is 12.8 Å². The van der Waals surface area contributed by atoms with E-state index in [1.807, 2.05) is 29.9 Å². The molecule has 1 N–H and O–H groups in total. The molecule has 248 valence electrons. The Balaban J connectivity index is 1.84. The third-order valence-corrected chi connectivity index (χ3v) is 15.5. The summed E-state index contributed by atoms with van der Waals surface area (Å²) in [5.41, 5.74) is 3.68. The molecule has 0 aliphatic heterocycles. The van der Waals surface area contributed by atoms with Gasteiger partial charge in [-0.15, -0.1) is 0 Å². The Morgan fingerprint density at radius 1 is 0.826 bits per heavy atom. The number of sulfonamides is 1. The highest BCUT2D eigenvalue weighted by atomic mass is 32.2. The summed E-state index contributed by atoms with van der Waals surface area (Å²) >= 11 is 0. The van der Waals surface area contributed by atoms with Crippen LogP contribution in [0.25, 0.3) is 0 Å². The number of rotatable bonds is 13. The van der Waals surface area contributed by atoms with E-state index in [2.05, 4.69) is 133 Å². The van der Waals surface area contributed by atoms with Crippen molar-refractivity contribution in [2.75, 3.05) is 6.61 Å². The van der Waals surface area contributed by atoms with Gasteiger partial charge >= 0.3 is 0 Å². The molecule has 4 rings (SSSR count). The Labute approximate surface area is 278 Å². The minimum atomic E-state index is -3.95. The SMILES string of the molecule is CC(C)c1cc(C(C)C)c(S(=O)(=O)N[C@H](CO[Si](c2ccccc2)(c2ccccc2)C(C)(C)C)Cc2cn(C)cn2)c(C(C)C)c1. The quantitative estimate of drug-likeness (QED) is 0.154. The van der Waals surface area contributed by atoms with E-state index in [1.165, 1.54) is 0 Å². The first-order chi connectivity index (χ1) is 21.6. The molecule has 1 heterocycles. The fraction of sp³-hybridized carbons (Fsp3) is 0.447. The fourth-order valence-corrected chi connectivity index (χ4v) is 12.9. The number of benzene rings is 3. The number of nitrogens with one attached hydrogen (secondary N) is 1. The standard InChI is InChI=1S/C38H53N3O3SSi/c1-27(2)30-21-35(28(3)4)37(36(22-30)29(5)6)45(42,43)40-32(23-31-24-41(10)26-39-31)25-44-46(38(7,8)9,33-17-13-11-14-18-33)34-19-15-12-16-20-34/h11-22,24,26-29,32,40H,23,25H2,1-10H3/t32-/m0/s1. The van der Waals surface area contributed by atoms with Crippen molar-refractivity contribution in [3.05, 3.63) is 108 Å². The molecule has 0 spiro atoms. The maximum Gasteiger partial charge on any atom is 0.261 e. The Kier molecular flexibility index (Phi) is 11.2. The Morgan fingerprint density at radius 2 is 1.33 bits per heavy atom. The zero-order valence-electron chi connectivity index (χ0n) is 29.3. The lowest BCUT2D eigenvalue weighted by Gasteiger charge is -2.43. The molecule has 0 unspecified atom stereocenters. The van der Waals surface area contributed by atoms with Gasteiger partial charge in [-0.2, -0.15) is 0 Å². The van der Waals surface area contributed by atoms with Crippen molar-refractivity contribution in [1.29, 1.82) is 0 Å². The van der Waals surface area contributed by atoms with Gasteiger partial charge < -0.3 is 8.99 Å². The highest BCUT2D eigenvalue weighted by Crippen LogP contribution is 2.38. The van der Waals surface area contributed by atoms with Gasteiger partial charge in [-0.05, 0) is 49.9 Å². The van der Waals surface area contributed by atoms with Gasteiger partial charge in [-0.25, -0.2) is 18.1 Å². The predicted molar refractivity (Wildman–Crippen MR) is 193 cm³/mol. The van der Waals surface area contributed by atoms with Crippen LogP contribution in [-0.2, 0) is 27.9 Å². The van der Waals surface area contributed by atoms with E-state index in [-0.39, 0.29) is 29.4 Å². The maximum absolute atomic E-state index is 14.7. The molecule has 0 amide bonds. The second kappa shape index (κ2) is 14.4. The summed E-state index contributed by atoms with van der Waals surface area (Å²) in [7, 11) is -4.94. The average Bonchev–Trinajstić information content (AvgIpc) is 3.40. The smallest absolute Gasteiger partial charge is 0.261 e. The maximum atomic E-state index is 14.7. The first kappa shape index (κ1) is 35.8. The summed E-state index contributed by atoms with van der Waals surface area (Å²) in [5, 5.41) is 2.06. The summed E-state index contributed by atoms with van der Waals surface area (Å²) < 4.78 is 41.6. The third kappa shape index (κ3) is 7.73. The monoisotopic (exact) mass is 659 g/mol. The molecule has 3 aromatic carbocycles. The summed E-state index contributed by atoms with van der Waals surface area (Å²) in [6.45, 7) is 19.5. The first-order valence-corrected chi connectivity index (χ1v) is 19.9. The zero-order chi connectivity index (χ0) is 33.9. The molecule has 0 saturated heterocycles. The van der Waals surface area contributed by atoms with Crippen LogP contribution in [-0.4, -0.2) is 38.9 Å².